The maximum atomic E-state index is 11.2. The SMILES string of the molecule is [C-]#[N+]/C(=C\c1cc2sc3cc(N(C)CCO)sc3c2s1)c1ccc(S(=O)(=O)O)cc1. The first-order valence-electron chi connectivity index (χ1n) is 8.75. The van der Waals surface area contributed by atoms with Crippen LogP contribution in [0.15, 0.2) is 41.3 Å². The first-order valence-corrected chi connectivity index (χ1v) is 12.6. The number of hydrogen-bond donors (Lipinski definition) is 2. The van der Waals surface area contributed by atoms with Crippen LogP contribution in [0.2, 0.25) is 0 Å². The molecule has 0 spiro atoms. The molecule has 0 bridgehead atoms. The third kappa shape index (κ3) is 4.00. The topological polar surface area (TPSA) is 82.2 Å². The molecule has 0 amide bonds. The first-order chi connectivity index (χ1) is 14.3. The van der Waals surface area contributed by atoms with Gasteiger partial charge in [-0.05, 0) is 35.9 Å². The molecular formula is C20H16N2O4S4. The van der Waals surface area contributed by atoms with Gasteiger partial charge in [0.25, 0.3) is 10.1 Å². The third-order valence-electron chi connectivity index (χ3n) is 4.49. The van der Waals surface area contributed by atoms with Crippen LogP contribution in [0.5, 0.6) is 0 Å². The Balaban J connectivity index is 1.69. The van der Waals surface area contributed by atoms with Crippen LogP contribution in [0.4, 0.5) is 5.00 Å². The van der Waals surface area contributed by atoms with E-state index < -0.39 is 10.1 Å². The molecule has 4 rings (SSSR count). The van der Waals surface area contributed by atoms with Crippen LogP contribution in [0.25, 0.3) is 35.4 Å². The Morgan fingerprint density at radius 3 is 2.43 bits per heavy atom. The minimum Gasteiger partial charge on any atom is -0.395 e. The zero-order valence-electron chi connectivity index (χ0n) is 15.7. The molecule has 3 heterocycles. The Kier molecular flexibility index (Phi) is 5.67. The Hall–Kier alpha value is -2.26. The number of anilines is 1. The average molecular weight is 477 g/mol. The van der Waals surface area contributed by atoms with Crippen molar-refractivity contribution in [2.24, 2.45) is 0 Å². The Labute approximate surface area is 185 Å². The summed E-state index contributed by atoms with van der Waals surface area (Å²) < 4.78 is 36.3. The monoisotopic (exact) mass is 476 g/mol. The van der Waals surface area contributed by atoms with Crippen molar-refractivity contribution in [3.05, 3.63) is 58.3 Å². The largest absolute Gasteiger partial charge is 0.395 e. The van der Waals surface area contributed by atoms with Crippen LogP contribution in [0.1, 0.15) is 10.4 Å². The molecule has 0 aliphatic carbocycles. The van der Waals surface area contributed by atoms with E-state index in [2.05, 4.69) is 17.0 Å². The van der Waals surface area contributed by atoms with Gasteiger partial charge in [0, 0.05) is 27.9 Å². The van der Waals surface area contributed by atoms with Crippen molar-refractivity contribution in [2.45, 2.75) is 4.90 Å². The summed E-state index contributed by atoms with van der Waals surface area (Å²) in [5, 5.41) is 10.3. The van der Waals surface area contributed by atoms with Gasteiger partial charge >= 0.3 is 0 Å². The summed E-state index contributed by atoms with van der Waals surface area (Å²) in [6.07, 6.45) is 1.80. The second-order valence-corrected chi connectivity index (χ2v) is 11.1. The van der Waals surface area contributed by atoms with Crippen LogP contribution < -0.4 is 4.90 Å². The maximum absolute atomic E-state index is 11.2. The molecule has 3 aromatic heterocycles. The number of thiophene rings is 3. The molecule has 0 saturated heterocycles. The lowest BCUT2D eigenvalue weighted by atomic mass is 10.1. The van der Waals surface area contributed by atoms with Crippen molar-refractivity contribution in [1.82, 2.24) is 0 Å². The minimum atomic E-state index is -4.26. The zero-order chi connectivity index (χ0) is 21.5. The van der Waals surface area contributed by atoms with E-state index in [4.69, 9.17) is 16.2 Å². The number of aliphatic hydroxyl groups is 1. The van der Waals surface area contributed by atoms with Crippen LogP contribution in [0.3, 0.4) is 0 Å². The zero-order valence-corrected chi connectivity index (χ0v) is 19.0. The van der Waals surface area contributed by atoms with Gasteiger partial charge in [-0.2, -0.15) is 8.42 Å². The van der Waals surface area contributed by atoms with Crippen LogP contribution in [-0.2, 0) is 10.1 Å². The number of likely N-dealkylation sites (N-methyl/N-ethyl adjacent to an activating group) is 1. The number of nitrogens with zero attached hydrogens (tertiary/aromatic N) is 2. The molecule has 10 heteroatoms. The van der Waals surface area contributed by atoms with Gasteiger partial charge in [-0.15, -0.1) is 34.0 Å². The van der Waals surface area contributed by atoms with Crippen molar-refractivity contribution in [1.29, 1.82) is 0 Å². The molecule has 0 unspecified atom stereocenters. The standard InChI is InChI=1S/C20H16N2O4S4/c1-21-15(12-3-5-14(6-4-12)30(24,25)26)9-13-10-16-19(27-13)20-17(28-16)11-18(29-20)22(2)7-8-23/h3-6,9-11,23H,7-8H2,2H3,(H,24,25,26)/b15-9-. The van der Waals surface area contributed by atoms with Gasteiger partial charge in [-0.3, -0.25) is 4.55 Å². The van der Waals surface area contributed by atoms with Gasteiger partial charge < -0.3 is 10.0 Å². The summed E-state index contributed by atoms with van der Waals surface area (Å²) >= 11 is 5.01. The summed E-state index contributed by atoms with van der Waals surface area (Å²) in [5.41, 5.74) is 0.986. The quantitative estimate of drug-likeness (QED) is 0.293. The normalized spacial score (nSPS) is 12.5. The molecule has 2 N–H and O–H groups in total. The molecule has 0 fully saturated rings. The summed E-state index contributed by atoms with van der Waals surface area (Å²) in [4.78, 5) is 6.37. The van der Waals surface area contributed by atoms with E-state index in [1.807, 2.05) is 11.9 Å². The van der Waals surface area contributed by atoms with Gasteiger partial charge in [0.2, 0.25) is 0 Å². The molecule has 154 valence electrons. The highest BCUT2D eigenvalue weighted by atomic mass is 32.2. The Bertz CT molecular complexity index is 1400. The number of fused-ring (bicyclic) bond motifs is 3. The third-order valence-corrected chi connectivity index (χ3v) is 9.19. The lowest BCUT2D eigenvalue weighted by Gasteiger charge is -2.14. The van der Waals surface area contributed by atoms with E-state index >= 15 is 0 Å². The molecule has 1 aromatic carbocycles. The van der Waals surface area contributed by atoms with Gasteiger partial charge in [0.1, 0.15) is 0 Å². The van der Waals surface area contributed by atoms with Gasteiger partial charge in [0.05, 0.1) is 32.5 Å². The molecular weight excluding hydrogens is 460 g/mol. The number of benzene rings is 1. The molecule has 6 nitrogen and oxygen atoms in total. The number of aliphatic hydroxyl groups excluding tert-OH is 1. The van der Waals surface area contributed by atoms with Crippen molar-refractivity contribution in [3.63, 3.8) is 0 Å². The van der Waals surface area contributed by atoms with Crippen molar-refractivity contribution in [3.8, 4) is 0 Å². The first kappa shape index (κ1) is 21.0. The highest BCUT2D eigenvalue weighted by Crippen LogP contribution is 2.46. The minimum absolute atomic E-state index is 0.107. The molecule has 0 radical (unpaired) electrons. The average Bonchev–Trinajstić information content (AvgIpc) is 3.36. The van der Waals surface area contributed by atoms with Crippen molar-refractivity contribution >= 4 is 79.7 Å². The summed E-state index contributed by atoms with van der Waals surface area (Å²) in [6.45, 7) is 8.20. The fourth-order valence-corrected chi connectivity index (χ4v) is 7.40. The Morgan fingerprint density at radius 2 is 1.80 bits per heavy atom. The number of rotatable bonds is 6. The van der Waals surface area contributed by atoms with Gasteiger partial charge in [-0.25, -0.2) is 4.85 Å². The highest BCUT2D eigenvalue weighted by molar-refractivity contribution is 7.85. The molecule has 4 aromatic rings. The van der Waals surface area contributed by atoms with Crippen molar-refractivity contribution < 1.29 is 18.1 Å². The fourth-order valence-electron chi connectivity index (χ4n) is 2.97. The smallest absolute Gasteiger partial charge is 0.294 e. The Morgan fingerprint density at radius 1 is 1.13 bits per heavy atom. The molecule has 0 saturated carbocycles. The van der Waals surface area contributed by atoms with E-state index in [1.165, 1.54) is 38.4 Å². The lowest BCUT2D eigenvalue weighted by molar-refractivity contribution is 0.304. The predicted molar refractivity (Wildman–Crippen MR) is 126 cm³/mol. The van der Waals surface area contributed by atoms with E-state index in [0.29, 0.717) is 17.8 Å². The summed E-state index contributed by atoms with van der Waals surface area (Å²) in [6, 6.07) is 9.82. The van der Waals surface area contributed by atoms with E-state index in [9.17, 15) is 8.42 Å². The maximum Gasteiger partial charge on any atom is 0.294 e. The van der Waals surface area contributed by atoms with E-state index in [1.54, 1.807) is 40.1 Å². The molecule has 30 heavy (non-hydrogen) atoms. The van der Waals surface area contributed by atoms with E-state index in [-0.39, 0.29) is 11.5 Å². The van der Waals surface area contributed by atoms with E-state index in [0.717, 1.165) is 14.6 Å². The van der Waals surface area contributed by atoms with Gasteiger partial charge in [0.15, 0.2) is 5.70 Å². The van der Waals surface area contributed by atoms with Crippen LogP contribution in [-0.4, -0.2) is 38.3 Å². The second kappa shape index (κ2) is 8.11. The lowest BCUT2D eigenvalue weighted by Crippen LogP contribution is -2.19. The highest BCUT2D eigenvalue weighted by Gasteiger charge is 2.15. The summed E-state index contributed by atoms with van der Waals surface area (Å²) in [5.74, 6) is 0. The van der Waals surface area contributed by atoms with Gasteiger partial charge in [-0.1, -0.05) is 12.1 Å². The predicted octanol–water partition coefficient (Wildman–Crippen LogP) is 5.27. The number of hydrogen-bond acceptors (Lipinski definition) is 7. The molecule has 0 aliphatic rings. The molecule has 0 aliphatic heterocycles. The van der Waals surface area contributed by atoms with Crippen LogP contribution >= 0.6 is 34.0 Å². The van der Waals surface area contributed by atoms with Crippen LogP contribution in [0, 0.1) is 6.57 Å². The molecule has 0 atom stereocenters. The van der Waals surface area contributed by atoms with Crippen molar-refractivity contribution in [2.75, 3.05) is 25.1 Å². The second-order valence-electron chi connectivity index (χ2n) is 6.51. The summed E-state index contributed by atoms with van der Waals surface area (Å²) in [7, 11) is -2.30. The fraction of sp³-hybridized carbons (Fsp3) is 0.150.